The number of aldehydes is 1. The largest absolute Gasteiger partial charge is 0.573 e. The summed E-state index contributed by atoms with van der Waals surface area (Å²) in [5.74, 6) is -1.27. The molecule has 0 atom stereocenters. The van der Waals surface area contributed by atoms with Crippen LogP contribution in [0.3, 0.4) is 0 Å². The van der Waals surface area contributed by atoms with Gasteiger partial charge in [-0.1, -0.05) is 0 Å². The summed E-state index contributed by atoms with van der Waals surface area (Å²) >= 11 is 0. The number of carbonyl (C=O) groups excluding carboxylic acids is 2. The number of halogens is 3. The minimum atomic E-state index is -4.86. The Morgan fingerprint density at radius 3 is 2.36 bits per heavy atom. The first-order valence-electron chi connectivity index (χ1n) is 6.20. The zero-order chi connectivity index (χ0) is 17.0. The molecule has 0 saturated carbocycles. The van der Waals surface area contributed by atoms with Crippen LogP contribution in [0.4, 0.5) is 13.2 Å². The Bertz CT molecular complexity index is 546. The topological polar surface area (TPSA) is 61.8 Å². The zero-order valence-electron chi connectivity index (χ0n) is 12.2. The van der Waals surface area contributed by atoms with Crippen molar-refractivity contribution < 1.29 is 37.0 Å². The normalized spacial score (nSPS) is 11.7. The molecule has 0 aromatic heterocycles. The van der Waals surface area contributed by atoms with E-state index in [-0.39, 0.29) is 11.3 Å². The van der Waals surface area contributed by atoms with E-state index in [1.54, 1.807) is 20.8 Å². The van der Waals surface area contributed by atoms with Crippen molar-refractivity contribution >= 4 is 12.3 Å². The number of rotatable bonds is 5. The Hall–Kier alpha value is -2.25. The predicted octanol–water partition coefficient (Wildman–Crippen LogP) is 3.12. The van der Waals surface area contributed by atoms with E-state index in [9.17, 15) is 22.8 Å². The van der Waals surface area contributed by atoms with Gasteiger partial charge < -0.3 is 14.2 Å². The summed E-state index contributed by atoms with van der Waals surface area (Å²) < 4.78 is 50.0. The number of esters is 1. The molecule has 1 aromatic rings. The average Bonchev–Trinajstić information content (AvgIpc) is 2.33. The number of alkyl halides is 3. The van der Waals surface area contributed by atoms with Gasteiger partial charge in [0.05, 0.1) is 5.56 Å². The van der Waals surface area contributed by atoms with Crippen molar-refractivity contribution in [2.24, 2.45) is 0 Å². The maximum Gasteiger partial charge on any atom is 0.573 e. The van der Waals surface area contributed by atoms with Crippen molar-refractivity contribution in [2.45, 2.75) is 32.7 Å². The number of hydrogen-bond acceptors (Lipinski definition) is 5. The number of hydrogen-bond donors (Lipinski definition) is 0. The van der Waals surface area contributed by atoms with Gasteiger partial charge in [-0.25, -0.2) is 4.79 Å². The van der Waals surface area contributed by atoms with Crippen molar-refractivity contribution in [1.82, 2.24) is 0 Å². The third-order valence-electron chi connectivity index (χ3n) is 2.11. The van der Waals surface area contributed by atoms with Crippen LogP contribution >= 0.6 is 0 Å². The van der Waals surface area contributed by atoms with Gasteiger partial charge in [-0.15, -0.1) is 13.2 Å². The van der Waals surface area contributed by atoms with Gasteiger partial charge in [0.2, 0.25) is 0 Å². The summed E-state index contributed by atoms with van der Waals surface area (Å²) in [7, 11) is 0. The van der Waals surface area contributed by atoms with Crippen LogP contribution in [-0.4, -0.2) is 30.8 Å². The van der Waals surface area contributed by atoms with E-state index < -0.39 is 30.3 Å². The highest BCUT2D eigenvalue weighted by atomic mass is 19.4. The van der Waals surface area contributed by atoms with Gasteiger partial charge in [0.1, 0.15) is 17.1 Å². The van der Waals surface area contributed by atoms with Crippen LogP contribution < -0.4 is 9.47 Å². The van der Waals surface area contributed by atoms with Crippen LogP contribution in [0.15, 0.2) is 18.2 Å². The maximum atomic E-state index is 12.1. The first-order chi connectivity index (χ1) is 10.00. The molecule has 0 heterocycles. The first kappa shape index (κ1) is 17.8. The van der Waals surface area contributed by atoms with E-state index in [4.69, 9.17) is 9.47 Å². The van der Waals surface area contributed by atoms with Crippen LogP contribution in [0.2, 0.25) is 0 Å². The summed E-state index contributed by atoms with van der Waals surface area (Å²) in [4.78, 5) is 22.4. The number of benzene rings is 1. The Morgan fingerprint density at radius 2 is 1.86 bits per heavy atom. The lowest BCUT2D eigenvalue weighted by molar-refractivity contribution is -0.274. The van der Waals surface area contributed by atoms with Crippen LogP contribution in [0, 0.1) is 0 Å². The van der Waals surface area contributed by atoms with Gasteiger partial charge in [0.25, 0.3) is 0 Å². The lowest BCUT2D eigenvalue weighted by atomic mass is 10.2. The molecule has 0 unspecified atom stereocenters. The molecule has 122 valence electrons. The van der Waals surface area contributed by atoms with Gasteiger partial charge in [-0.2, -0.15) is 0 Å². The van der Waals surface area contributed by atoms with E-state index in [0.29, 0.717) is 6.29 Å². The molecule has 0 aliphatic heterocycles. The maximum absolute atomic E-state index is 12.1. The van der Waals surface area contributed by atoms with E-state index in [2.05, 4.69) is 4.74 Å². The molecular weight excluding hydrogens is 305 g/mol. The van der Waals surface area contributed by atoms with Crippen LogP contribution in [0.25, 0.3) is 0 Å². The lowest BCUT2D eigenvalue weighted by Crippen LogP contribution is -2.27. The molecule has 0 spiro atoms. The van der Waals surface area contributed by atoms with Crippen molar-refractivity contribution in [2.75, 3.05) is 6.61 Å². The fourth-order valence-corrected chi connectivity index (χ4v) is 1.45. The molecule has 0 aliphatic rings. The monoisotopic (exact) mass is 320 g/mol. The van der Waals surface area contributed by atoms with E-state index in [1.165, 1.54) is 0 Å². The molecule has 5 nitrogen and oxygen atoms in total. The van der Waals surface area contributed by atoms with E-state index in [1.807, 2.05) is 0 Å². The Morgan fingerprint density at radius 1 is 1.23 bits per heavy atom. The molecule has 8 heteroatoms. The third-order valence-corrected chi connectivity index (χ3v) is 2.11. The quantitative estimate of drug-likeness (QED) is 0.616. The molecule has 0 fully saturated rings. The second kappa shape index (κ2) is 6.67. The first-order valence-corrected chi connectivity index (χ1v) is 6.20. The SMILES string of the molecule is CC(C)(C)OC(=O)COc1ccc(OC(F)(F)F)cc1C=O. The highest BCUT2D eigenvalue weighted by Gasteiger charge is 2.31. The molecular formula is C14H15F3O5. The Kier molecular flexibility index (Phi) is 5.40. The molecule has 0 bridgehead atoms. The van der Waals surface area contributed by atoms with Gasteiger partial charge in [-0.05, 0) is 39.0 Å². The summed E-state index contributed by atoms with van der Waals surface area (Å²) in [6.45, 7) is 4.54. The fraction of sp³-hybridized carbons (Fsp3) is 0.429. The van der Waals surface area contributed by atoms with Gasteiger partial charge >= 0.3 is 12.3 Å². The minimum Gasteiger partial charge on any atom is -0.481 e. The third kappa shape index (κ3) is 6.47. The second-order valence-corrected chi connectivity index (χ2v) is 5.24. The standard InChI is InChI=1S/C14H15F3O5/c1-13(2,3)22-12(19)8-20-11-5-4-10(6-9(11)7-18)21-14(15,16)17/h4-7H,8H2,1-3H3. The molecule has 1 rings (SSSR count). The zero-order valence-corrected chi connectivity index (χ0v) is 12.2. The second-order valence-electron chi connectivity index (χ2n) is 5.24. The number of carbonyl (C=O) groups is 2. The molecule has 0 amide bonds. The van der Waals surface area contributed by atoms with Crippen molar-refractivity contribution in [3.05, 3.63) is 23.8 Å². The van der Waals surface area contributed by atoms with Gasteiger partial charge in [0.15, 0.2) is 12.9 Å². The predicted molar refractivity (Wildman–Crippen MR) is 69.9 cm³/mol. The summed E-state index contributed by atoms with van der Waals surface area (Å²) in [5, 5.41) is 0. The van der Waals surface area contributed by atoms with Crippen LogP contribution in [0.5, 0.6) is 11.5 Å². The van der Waals surface area contributed by atoms with E-state index >= 15 is 0 Å². The fourth-order valence-electron chi connectivity index (χ4n) is 1.45. The van der Waals surface area contributed by atoms with Crippen molar-refractivity contribution in [3.8, 4) is 11.5 Å². The van der Waals surface area contributed by atoms with Crippen LogP contribution in [0.1, 0.15) is 31.1 Å². The molecule has 22 heavy (non-hydrogen) atoms. The molecule has 0 N–H and O–H groups in total. The Balaban J connectivity index is 2.75. The van der Waals surface area contributed by atoms with Gasteiger partial charge in [-0.3, -0.25) is 4.79 Å². The Labute approximate surface area is 125 Å². The summed E-state index contributed by atoms with van der Waals surface area (Å²) in [6, 6.07) is 2.95. The lowest BCUT2D eigenvalue weighted by Gasteiger charge is -2.19. The number of ether oxygens (including phenoxy) is 3. The smallest absolute Gasteiger partial charge is 0.481 e. The summed E-state index contributed by atoms with van der Waals surface area (Å²) in [5.41, 5.74) is -0.872. The highest BCUT2D eigenvalue weighted by Crippen LogP contribution is 2.27. The van der Waals surface area contributed by atoms with Gasteiger partial charge in [0, 0.05) is 0 Å². The molecule has 0 radical (unpaired) electrons. The molecule has 0 saturated heterocycles. The average molecular weight is 320 g/mol. The molecule has 0 aliphatic carbocycles. The minimum absolute atomic E-state index is 0.0459. The molecule has 1 aromatic carbocycles. The van der Waals surface area contributed by atoms with E-state index in [0.717, 1.165) is 18.2 Å². The van der Waals surface area contributed by atoms with Crippen molar-refractivity contribution in [1.29, 1.82) is 0 Å². The highest BCUT2D eigenvalue weighted by molar-refractivity contribution is 5.80. The van der Waals surface area contributed by atoms with Crippen molar-refractivity contribution in [3.63, 3.8) is 0 Å². The summed E-state index contributed by atoms with van der Waals surface area (Å²) in [6.07, 6.45) is -4.56. The van der Waals surface area contributed by atoms with Crippen LogP contribution in [-0.2, 0) is 9.53 Å².